The smallest absolute Gasteiger partial charge is 0.00401 e. The van der Waals surface area contributed by atoms with Gasteiger partial charge < -0.3 is 0 Å². The maximum absolute atomic E-state index is 4.35. The standard InChI is InChI=1S/C26H44S/c1-21(2)9-6-10-22(3)11-7-12-23(4)13-8-14-24(5)15-16-25-17-19-26(27)20-18-25/h15,17-23,27H,6-14,16H2,1-5H3. The monoisotopic (exact) mass is 388 g/mol. The molecule has 0 aliphatic rings. The summed E-state index contributed by atoms with van der Waals surface area (Å²) in [6.07, 6.45) is 15.9. The Balaban J connectivity index is 2.09. The van der Waals surface area contributed by atoms with Crippen LogP contribution in [-0.4, -0.2) is 0 Å². The van der Waals surface area contributed by atoms with Crippen molar-refractivity contribution in [2.45, 2.75) is 104 Å². The predicted octanol–water partition coefficient (Wildman–Crippen LogP) is 8.90. The van der Waals surface area contributed by atoms with Crippen molar-refractivity contribution in [1.29, 1.82) is 0 Å². The van der Waals surface area contributed by atoms with Gasteiger partial charge in [0.05, 0.1) is 0 Å². The van der Waals surface area contributed by atoms with E-state index in [1.807, 2.05) is 0 Å². The summed E-state index contributed by atoms with van der Waals surface area (Å²) in [6, 6.07) is 8.51. The molecule has 1 aromatic rings. The van der Waals surface area contributed by atoms with Crippen LogP contribution in [0.5, 0.6) is 0 Å². The first kappa shape index (κ1) is 24.3. The van der Waals surface area contributed by atoms with Crippen molar-refractivity contribution < 1.29 is 0 Å². The van der Waals surface area contributed by atoms with E-state index >= 15 is 0 Å². The quantitative estimate of drug-likeness (QED) is 0.239. The van der Waals surface area contributed by atoms with E-state index in [4.69, 9.17) is 0 Å². The Kier molecular flexibility index (Phi) is 12.9. The molecule has 0 bridgehead atoms. The third-order valence-corrected chi connectivity index (χ3v) is 6.06. The first-order chi connectivity index (χ1) is 12.9. The summed E-state index contributed by atoms with van der Waals surface area (Å²) in [5, 5.41) is 0. The zero-order valence-corrected chi connectivity index (χ0v) is 19.5. The molecule has 0 heterocycles. The Morgan fingerprint density at radius 1 is 0.815 bits per heavy atom. The molecule has 0 fully saturated rings. The van der Waals surface area contributed by atoms with E-state index in [2.05, 4.69) is 77.6 Å². The van der Waals surface area contributed by atoms with E-state index in [0.29, 0.717) is 0 Å². The lowest BCUT2D eigenvalue weighted by molar-refractivity contribution is 0.389. The van der Waals surface area contributed by atoms with Gasteiger partial charge in [0.1, 0.15) is 0 Å². The molecule has 1 aromatic carbocycles. The summed E-state index contributed by atoms with van der Waals surface area (Å²) < 4.78 is 0. The average Bonchev–Trinajstić information content (AvgIpc) is 2.61. The van der Waals surface area contributed by atoms with Crippen LogP contribution in [0.25, 0.3) is 0 Å². The molecule has 0 nitrogen and oxygen atoms in total. The zero-order chi connectivity index (χ0) is 20.1. The normalized spacial score (nSPS) is 14.6. The molecule has 0 spiro atoms. The molecule has 0 N–H and O–H groups in total. The molecule has 0 radical (unpaired) electrons. The van der Waals surface area contributed by atoms with Crippen molar-refractivity contribution in [1.82, 2.24) is 0 Å². The van der Waals surface area contributed by atoms with Crippen LogP contribution in [0.3, 0.4) is 0 Å². The largest absolute Gasteiger partial charge is 0.143 e. The van der Waals surface area contributed by atoms with Crippen molar-refractivity contribution in [3.63, 3.8) is 0 Å². The van der Waals surface area contributed by atoms with Gasteiger partial charge in [0.2, 0.25) is 0 Å². The van der Waals surface area contributed by atoms with E-state index in [9.17, 15) is 0 Å². The third kappa shape index (κ3) is 13.2. The molecule has 27 heavy (non-hydrogen) atoms. The Labute approximate surface area is 175 Å². The highest BCUT2D eigenvalue weighted by atomic mass is 32.1. The molecule has 2 atom stereocenters. The second-order valence-corrected chi connectivity index (χ2v) is 9.80. The summed E-state index contributed by atoms with van der Waals surface area (Å²) in [5.74, 6) is 2.66. The van der Waals surface area contributed by atoms with Gasteiger partial charge >= 0.3 is 0 Å². The Morgan fingerprint density at radius 3 is 1.89 bits per heavy atom. The van der Waals surface area contributed by atoms with Crippen LogP contribution in [0.4, 0.5) is 0 Å². The van der Waals surface area contributed by atoms with Crippen LogP contribution < -0.4 is 0 Å². The molecule has 154 valence electrons. The van der Waals surface area contributed by atoms with E-state index in [1.54, 1.807) is 0 Å². The second-order valence-electron chi connectivity index (χ2n) is 9.28. The fourth-order valence-corrected chi connectivity index (χ4v) is 3.88. The molecule has 0 aromatic heterocycles. The molecule has 0 saturated heterocycles. The molecule has 0 amide bonds. The summed E-state index contributed by atoms with van der Waals surface area (Å²) >= 11 is 4.35. The minimum Gasteiger partial charge on any atom is -0.143 e. The first-order valence-corrected chi connectivity index (χ1v) is 11.7. The van der Waals surface area contributed by atoms with E-state index in [-0.39, 0.29) is 0 Å². The number of hydrogen-bond acceptors (Lipinski definition) is 1. The van der Waals surface area contributed by atoms with Crippen LogP contribution in [0.15, 0.2) is 40.8 Å². The maximum atomic E-state index is 4.35. The lowest BCUT2D eigenvalue weighted by Crippen LogP contribution is -2.00. The number of rotatable bonds is 14. The van der Waals surface area contributed by atoms with Gasteiger partial charge in [-0.2, -0.15) is 0 Å². The van der Waals surface area contributed by atoms with Gasteiger partial charge in [0, 0.05) is 4.90 Å². The number of hydrogen-bond donors (Lipinski definition) is 1. The highest BCUT2D eigenvalue weighted by Crippen LogP contribution is 2.22. The summed E-state index contributed by atoms with van der Waals surface area (Å²) in [4.78, 5) is 1.04. The van der Waals surface area contributed by atoms with Crippen LogP contribution in [0.2, 0.25) is 0 Å². The minimum atomic E-state index is 0.864. The third-order valence-electron chi connectivity index (χ3n) is 5.76. The van der Waals surface area contributed by atoms with Crippen LogP contribution >= 0.6 is 12.6 Å². The molecule has 0 aliphatic heterocycles. The van der Waals surface area contributed by atoms with Gasteiger partial charge in [-0.1, -0.05) is 96.4 Å². The van der Waals surface area contributed by atoms with Crippen molar-refractivity contribution in [3.05, 3.63) is 41.5 Å². The van der Waals surface area contributed by atoms with Crippen LogP contribution in [0.1, 0.15) is 98.0 Å². The van der Waals surface area contributed by atoms with E-state index in [0.717, 1.165) is 29.1 Å². The van der Waals surface area contributed by atoms with Gasteiger partial charge in [-0.15, -0.1) is 12.6 Å². The molecular formula is C26H44S. The van der Waals surface area contributed by atoms with Gasteiger partial charge in [0.15, 0.2) is 0 Å². The van der Waals surface area contributed by atoms with Crippen LogP contribution in [-0.2, 0) is 6.42 Å². The number of thiol groups is 1. The fourth-order valence-electron chi connectivity index (χ4n) is 3.73. The Hall–Kier alpha value is -0.690. The molecule has 1 heteroatoms. The van der Waals surface area contributed by atoms with Crippen molar-refractivity contribution in [3.8, 4) is 0 Å². The number of benzene rings is 1. The molecule has 1 rings (SSSR count). The molecule has 2 unspecified atom stereocenters. The predicted molar refractivity (Wildman–Crippen MR) is 126 cm³/mol. The summed E-state index contributed by atoms with van der Waals surface area (Å²) in [5.41, 5.74) is 2.92. The number of allylic oxidation sites excluding steroid dienone is 2. The highest BCUT2D eigenvalue weighted by molar-refractivity contribution is 7.80. The lowest BCUT2D eigenvalue weighted by Gasteiger charge is -2.15. The fraction of sp³-hybridized carbons (Fsp3) is 0.692. The van der Waals surface area contributed by atoms with Gasteiger partial charge in [-0.25, -0.2) is 0 Å². The van der Waals surface area contributed by atoms with Crippen molar-refractivity contribution >= 4 is 12.6 Å². The van der Waals surface area contributed by atoms with E-state index < -0.39 is 0 Å². The van der Waals surface area contributed by atoms with Gasteiger partial charge in [0.25, 0.3) is 0 Å². The Bertz CT molecular complexity index is 512. The molecule has 0 saturated carbocycles. The van der Waals surface area contributed by atoms with Gasteiger partial charge in [-0.3, -0.25) is 0 Å². The van der Waals surface area contributed by atoms with Crippen LogP contribution in [0, 0.1) is 17.8 Å². The molecular weight excluding hydrogens is 344 g/mol. The van der Waals surface area contributed by atoms with Crippen molar-refractivity contribution in [2.75, 3.05) is 0 Å². The zero-order valence-electron chi connectivity index (χ0n) is 18.6. The maximum Gasteiger partial charge on any atom is 0.00401 e. The minimum absolute atomic E-state index is 0.864. The molecule has 0 aliphatic carbocycles. The topological polar surface area (TPSA) is 0 Å². The summed E-state index contributed by atoms with van der Waals surface area (Å²) in [6.45, 7) is 11.9. The average molecular weight is 389 g/mol. The van der Waals surface area contributed by atoms with Gasteiger partial charge in [-0.05, 0) is 61.6 Å². The highest BCUT2D eigenvalue weighted by Gasteiger charge is 2.06. The lowest BCUT2D eigenvalue weighted by atomic mass is 9.91. The first-order valence-electron chi connectivity index (χ1n) is 11.3. The summed E-state index contributed by atoms with van der Waals surface area (Å²) in [7, 11) is 0. The second kappa shape index (κ2) is 14.3. The van der Waals surface area contributed by atoms with E-state index in [1.165, 1.54) is 68.9 Å². The SMILES string of the molecule is CC(=CCc1ccc(S)cc1)CCCC(C)CCCC(C)CCCC(C)C. The Morgan fingerprint density at radius 2 is 1.33 bits per heavy atom. The van der Waals surface area contributed by atoms with Crippen molar-refractivity contribution in [2.24, 2.45) is 17.8 Å².